The topological polar surface area (TPSA) is 105 Å². The lowest BCUT2D eigenvalue weighted by Crippen LogP contribution is -2.63. The molecule has 1 amide bonds. The molecule has 0 radical (unpaired) electrons. The van der Waals surface area contributed by atoms with E-state index in [2.05, 4.69) is 15.4 Å². The van der Waals surface area contributed by atoms with Crippen LogP contribution in [0.15, 0.2) is 10.7 Å². The van der Waals surface area contributed by atoms with Crippen molar-refractivity contribution >= 4 is 11.9 Å². The Bertz CT molecular complexity index is 750. The highest BCUT2D eigenvalue weighted by molar-refractivity contribution is 5.95. The molecular weight excluding hydrogens is 407 g/mol. The SMILES string of the molecule is Cc1oncc1C(=O)N[C@@H]1CN(C2CCC2)C[C@@H]2CCCO[C@@H]21.O=C(O)C(F)(F)F. The lowest BCUT2D eigenvalue weighted by molar-refractivity contribution is -0.192. The van der Waals surface area contributed by atoms with Crippen molar-refractivity contribution in [1.82, 2.24) is 15.4 Å². The van der Waals surface area contributed by atoms with E-state index >= 15 is 0 Å². The molecule has 2 N–H and O–H groups in total. The van der Waals surface area contributed by atoms with Crippen LogP contribution in [0.3, 0.4) is 0 Å². The molecule has 0 aromatic carbocycles. The lowest BCUT2D eigenvalue weighted by atomic mass is 9.82. The number of aryl methyl sites for hydroxylation is 1. The number of hydrogen-bond donors (Lipinski definition) is 2. The Morgan fingerprint density at radius 3 is 2.47 bits per heavy atom. The van der Waals surface area contributed by atoms with Gasteiger partial charge in [-0.25, -0.2) is 4.79 Å². The first-order valence-corrected chi connectivity index (χ1v) is 10.0. The quantitative estimate of drug-likeness (QED) is 0.754. The van der Waals surface area contributed by atoms with Crippen LogP contribution >= 0.6 is 0 Å². The molecule has 1 saturated carbocycles. The summed E-state index contributed by atoms with van der Waals surface area (Å²) in [5, 5.41) is 14.0. The minimum Gasteiger partial charge on any atom is -0.475 e. The summed E-state index contributed by atoms with van der Waals surface area (Å²) in [5.74, 6) is -1.76. The van der Waals surface area contributed by atoms with Gasteiger partial charge in [-0.2, -0.15) is 13.2 Å². The van der Waals surface area contributed by atoms with Gasteiger partial charge in [0.1, 0.15) is 11.3 Å². The van der Waals surface area contributed by atoms with Crippen molar-refractivity contribution in [2.24, 2.45) is 5.92 Å². The Hall–Kier alpha value is -2.14. The van der Waals surface area contributed by atoms with Gasteiger partial charge in [-0.3, -0.25) is 9.69 Å². The number of likely N-dealkylation sites (tertiary alicyclic amines) is 1. The Kier molecular flexibility index (Phi) is 7.02. The van der Waals surface area contributed by atoms with Gasteiger partial charge in [0.2, 0.25) is 0 Å². The van der Waals surface area contributed by atoms with E-state index in [1.54, 1.807) is 6.92 Å². The Morgan fingerprint density at radius 1 is 1.23 bits per heavy atom. The number of rotatable bonds is 3. The van der Waals surface area contributed by atoms with E-state index in [-0.39, 0.29) is 18.1 Å². The van der Waals surface area contributed by atoms with Crippen molar-refractivity contribution in [3.8, 4) is 0 Å². The van der Waals surface area contributed by atoms with Crippen LogP contribution in [0.2, 0.25) is 0 Å². The van der Waals surface area contributed by atoms with E-state index < -0.39 is 12.1 Å². The van der Waals surface area contributed by atoms with E-state index in [9.17, 15) is 18.0 Å². The minimum absolute atomic E-state index is 0.0523. The van der Waals surface area contributed by atoms with Crippen LogP contribution in [0, 0.1) is 12.8 Å². The highest BCUT2D eigenvalue weighted by atomic mass is 19.4. The van der Waals surface area contributed by atoms with Crippen LogP contribution in [0.25, 0.3) is 0 Å². The number of aliphatic carboxylic acids is 1. The third kappa shape index (κ3) is 5.31. The molecule has 1 aromatic rings. The summed E-state index contributed by atoms with van der Waals surface area (Å²) in [4.78, 5) is 24.0. The predicted molar refractivity (Wildman–Crippen MR) is 97.9 cm³/mol. The number of nitrogens with one attached hydrogen (secondary N) is 1. The molecule has 11 heteroatoms. The summed E-state index contributed by atoms with van der Waals surface area (Å²) in [6.45, 7) is 4.59. The van der Waals surface area contributed by atoms with Crippen molar-refractivity contribution in [3.63, 3.8) is 0 Å². The van der Waals surface area contributed by atoms with Crippen molar-refractivity contribution < 1.29 is 37.1 Å². The van der Waals surface area contributed by atoms with Crippen LogP contribution in [0.4, 0.5) is 13.2 Å². The van der Waals surface area contributed by atoms with Gasteiger partial charge < -0.3 is 19.7 Å². The Balaban J connectivity index is 0.000000318. The summed E-state index contributed by atoms with van der Waals surface area (Å²) in [6.07, 6.45) is 2.81. The van der Waals surface area contributed by atoms with Crippen molar-refractivity contribution in [2.75, 3.05) is 19.7 Å². The maximum Gasteiger partial charge on any atom is 0.490 e. The number of ether oxygens (including phenoxy) is 1. The molecule has 1 aliphatic carbocycles. The van der Waals surface area contributed by atoms with Gasteiger partial charge in [-0.1, -0.05) is 11.6 Å². The molecule has 0 unspecified atom stereocenters. The van der Waals surface area contributed by atoms with E-state index in [1.165, 1.54) is 31.9 Å². The normalized spacial score (nSPS) is 27.3. The summed E-state index contributed by atoms with van der Waals surface area (Å²) in [6, 6.07) is 0.756. The fourth-order valence-electron chi connectivity index (χ4n) is 4.18. The third-order valence-corrected chi connectivity index (χ3v) is 5.94. The Morgan fingerprint density at radius 2 is 1.93 bits per heavy atom. The molecule has 3 atom stereocenters. The summed E-state index contributed by atoms with van der Waals surface area (Å²) in [7, 11) is 0. The smallest absolute Gasteiger partial charge is 0.475 e. The molecule has 0 spiro atoms. The standard InChI is InChI=1S/C17H25N3O3.C2HF3O2/c1-11-14(8-18-23-11)17(21)19-15-10-20(13-5-2-6-13)9-12-4-3-7-22-16(12)15;3-2(4,5)1(6)7/h8,12-13,15-16H,2-7,9-10H2,1H3,(H,19,21);(H,6,7)/t12-,15+,16-;/m0./s1. The summed E-state index contributed by atoms with van der Waals surface area (Å²) in [5.41, 5.74) is 0.526. The number of carboxylic acids is 1. The second kappa shape index (κ2) is 9.34. The molecule has 8 nitrogen and oxygen atoms in total. The number of carboxylic acid groups (broad SMARTS) is 1. The number of halogens is 3. The van der Waals surface area contributed by atoms with Crippen LogP contribution in [0.1, 0.15) is 48.2 Å². The average Bonchev–Trinajstić information content (AvgIpc) is 3.06. The maximum absolute atomic E-state index is 12.5. The molecular formula is C19H26F3N3O5. The first kappa shape index (κ1) is 22.5. The van der Waals surface area contributed by atoms with Crippen LogP contribution in [0.5, 0.6) is 0 Å². The van der Waals surface area contributed by atoms with E-state index in [4.69, 9.17) is 19.2 Å². The van der Waals surface area contributed by atoms with E-state index in [0.717, 1.165) is 26.1 Å². The molecule has 2 saturated heterocycles. The summed E-state index contributed by atoms with van der Waals surface area (Å²) >= 11 is 0. The van der Waals surface area contributed by atoms with Crippen molar-refractivity contribution in [2.45, 2.75) is 63.4 Å². The van der Waals surface area contributed by atoms with E-state index in [0.29, 0.717) is 23.3 Å². The molecule has 3 heterocycles. The molecule has 168 valence electrons. The number of alkyl halides is 3. The Labute approximate surface area is 171 Å². The fourth-order valence-corrected chi connectivity index (χ4v) is 4.18. The number of fused-ring (bicyclic) bond motifs is 1. The minimum atomic E-state index is -5.08. The summed E-state index contributed by atoms with van der Waals surface area (Å²) < 4.78 is 42.8. The number of nitrogens with zero attached hydrogens (tertiary/aromatic N) is 2. The fraction of sp³-hybridized carbons (Fsp3) is 0.737. The highest BCUT2D eigenvalue weighted by Crippen LogP contribution is 2.34. The van der Waals surface area contributed by atoms with Gasteiger partial charge in [0.25, 0.3) is 5.91 Å². The zero-order valence-electron chi connectivity index (χ0n) is 16.7. The number of amides is 1. The zero-order chi connectivity index (χ0) is 21.9. The third-order valence-electron chi connectivity index (χ3n) is 5.94. The van der Waals surface area contributed by atoms with Gasteiger partial charge in [0.15, 0.2) is 0 Å². The first-order valence-electron chi connectivity index (χ1n) is 10.0. The van der Waals surface area contributed by atoms with Crippen molar-refractivity contribution in [3.05, 3.63) is 17.5 Å². The van der Waals surface area contributed by atoms with Gasteiger partial charge in [0, 0.05) is 25.7 Å². The molecule has 1 aromatic heterocycles. The molecule has 4 rings (SSSR count). The second-order valence-electron chi connectivity index (χ2n) is 7.95. The van der Waals surface area contributed by atoms with Gasteiger partial charge in [-0.15, -0.1) is 0 Å². The number of hydrogen-bond acceptors (Lipinski definition) is 6. The number of carbonyl (C=O) groups excluding carboxylic acids is 1. The molecule has 30 heavy (non-hydrogen) atoms. The first-order chi connectivity index (χ1) is 14.2. The van der Waals surface area contributed by atoms with Crippen LogP contribution in [-0.4, -0.2) is 71.1 Å². The molecule has 0 bridgehead atoms. The highest BCUT2D eigenvalue weighted by Gasteiger charge is 2.43. The average molecular weight is 433 g/mol. The predicted octanol–water partition coefficient (Wildman–Crippen LogP) is 2.38. The van der Waals surface area contributed by atoms with Gasteiger partial charge >= 0.3 is 12.1 Å². The monoisotopic (exact) mass is 433 g/mol. The van der Waals surface area contributed by atoms with Crippen LogP contribution < -0.4 is 5.32 Å². The van der Waals surface area contributed by atoms with Crippen LogP contribution in [-0.2, 0) is 9.53 Å². The number of aromatic nitrogens is 1. The van der Waals surface area contributed by atoms with Gasteiger partial charge in [0.05, 0.1) is 18.3 Å². The second-order valence-corrected chi connectivity index (χ2v) is 7.95. The van der Waals surface area contributed by atoms with Crippen molar-refractivity contribution in [1.29, 1.82) is 0 Å². The largest absolute Gasteiger partial charge is 0.490 e. The van der Waals surface area contributed by atoms with E-state index in [1.807, 2.05) is 0 Å². The zero-order valence-corrected chi connectivity index (χ0v) is 16.7. The molecule has 3 fully saturated rings. The molecule has 2 aliphatic heterocycles. The number of piperidine rings is 1. The lowest BCUT2D eigenvalue weighted by Gasteiger charge is -2.50. The number of carbonyl (C=O) groups is 2. The maximum atomic E-state index is 12.5. The molecule has 3 aliphatic rings. The van der Waals surface area contributed by atoms with Gasteiger partial charge in [-0.05, 0) is 38.5 Å².